The maximum Gasteiger partial charge on any atom is 0.341 e. The highest BCUT2D eigenvalue weighted by Crippen LogP contribution is 2.25. The van der Waals surface area contributed by atoms with Crippen molar-refractivity contribution >= 4 is 23.3 Å². The lowest BCUT2D eigenvalue weighted by Crippen LogP contribution is -2.44. The van der Waals surface area contributed by atoms with Gasteiger partial charge in [-0.25, -0.2) is 4.79 Å². The molecule has 0 spiro atoms. The first kappa shape index (κ1) is 20.4. The van der Waals surface area contributed by atoms with E-state index in [0.29, 0.717) is 5.69 Å². The number of ether oxygens (including phenoxy) is 1. The van der Waals surface area contributed by atoms with Gasteiger partial charge in [0.25, 0.3) is 11.6 Å². The SMILES string of the molecule is CC(C)N(C(=O)COC(=O)c1cc([N+](=O)[O-])ccc1N(C)C)C(C)C. The second-order valence-electron chi connectivity index (χ2n) is 6.42. The van der Waals surface area contributed by atoms with Crippen LogP contribution in [-0.2, 0) is 9.53 Å². The predicted octanol–water partition coefficient (Wildman–Crippen LogP) is 2.46. The minimum absolute atomic E-state index is 0.0265. The third kappa shape index (κ3) is 5.17. The molecule has 1 rings (SSSR count). The summed E-state index contributed by atoms with van der Waals surface area (Å²) in [6.07, 6.45) is 0. The van der Waals surface area contributed by atoms with Crippen molar-refractivity contribution < 1.29 is 19.2 Å². The van der Waals surface area contributed by atoms with Crippen LogP contribution in [0.1, 0.15) is 38.1 Å². The van der Waals surface area contributed by atoms with E-state index in [1.807, 2.05) is 27.7 Å². The van der Waals surface area contributed by atoms with Gasteiger partial charge in [0.1, 0.15) is 0 Å². The van der Waals surface area contributed by atoms with Crippen LogP contribution in [0.15, 0.2) is 18.2 Å². The standard InChI is InChI=1S/C17H25N3O5/c1-11(2)19(12(3)4)16(21)10-25-17(22)14-9-13(20(23)24)7-8-15(14)18(5)6/h7-9,11-12H,10H2,1-6H3. The Bertz CT molecular complexity index is 648. The van der Waals surface area contributed by atoms with E-state index in [1.54, 1.807) is 23.9 Å². The number of non-ortho nitro benzene ring substituents is 1. The van der Waals surface area contributed by atoms with Crippen LogP contribution in [0, 0.1) is 10.1 Å². The minimum atomic E-state index is -0.770. The summed E-state index contributed by atoms with van der Waals surface area (Å²) in [4.78, 5) is 38.3. The van der Waals surface area contributed by atoms with E-state index in [1.165, 1.54) is 12.1 Å². The molecule has 138 valence electrons. The van der Waals surface area contributed by atoms with Crippen molar-refractivity contribution in [3.63, 3.8) is 0 Å². The Kier molecular flexibility index (Phi) is 6.90. The first-order valence-corrected chi connectivity index (χ1v) is 8.00. The summed E-state index contributed by atoms with van der Waals surface area (Å²) < 4.78 is 5.12. The molecule has 25 heavy (non-hydrogen) atoms. The summed E-state index contributed by atoms with van der Waals surface area (Å²) in [5.41, 5.74) is 0.315. The van der Waals surface area contributed by atoms with Crippen molar-refractivity contribution in [2.45, 2.75) is 39.8 Å². The number of nitro groups is 1. The first-order valence-electron chi connectivity index (χ1n) is 8.00. The largest absolute Gasteiger partial charge is 0.452 e. The fourth-order valence-electron chi connectivity index (χ4n) is 2.64. The maximum atomic E-state index is 12.4. The molecular formula is C17H25N3O5. The molecule has 1 amide bonds. The molecule has 0 saturated carbocycles. The third-order valence-corrected chi connectivity index (χ3v) is 3.62. The lowest BCUT2D eigenvalue weighted by Gasteiger charge is -2.30. The molecule has 0 N–H and O–H groups in total. The molecular weight excluding hydrogens is 326 g/mol. The molecule has 0 aliphatic rings. The van der Waals surface area contributed by atoms with Crippen molar-refractivity contribution in [2.75, 3.05) is 25.6 Å². The molecule has 0 atom stereocenters. The van der Waals surface area contributed by atoms with Gasteiger partial charge in [-0.05, 0) is 33.8 Å². The molecule has 0 aromatic heterocycles. The predicted molar refractivity (Wildman–Crippen MR) is 94.8 cm³/mol. The van der Waals surface area contributed by atoms with Crippen molar-refractivity contribution in [1.82, 2.24) is 4.90 Å². The number of amides is 1. The van der Waals surface area contributed by atoms with E-state index in [0.717, 1.165) is 6.07 Å². The normalized spacial score (nSPS) is 10.7. The zero-order valence-corrected chi connectivity index (χ0v) is 15.5. The lowest BCUT2D eigenvalue weighted by atomic mass is 10.1. The van der Waals surface area contributed by atoms with Gasteiger partial charge in [-0.1, -0.05) is 0 Å². The lowest BCUT2D eigenvalue weighted by molar-refractivity contribution is -0.384. The Balaban J connectivity index is 2.98. The van der Waals surface area contributed by atoms with Gasteiger partial charge >= 0.3 is 5.97 Å². The first-order chi connectivity index (χ1) is 11.6. The number of nitro benzene ring substituents is 1. The monoisotopic (exact) mass is 351 g/mol. The number of carbonyl (C=O) groups excluding carboxylic acids is 2. The molecule has 0 radical (unpaired) electrons. The van der Waals surface area contributed by atoms with Crippen LogP contribution in [-0.4, -0.2) is 54.5 Å². The number of rotatable bonds is 7. The topological polar surface area (TPSA) is 93.0 Å². The molecule has 0 saturated heterocycles. The highest BCUT2D eigenvalue weighted by atomic mass is 16.6. The van der Waals surface area contributed by atoms with E-state index < -0.39 is 17.5 Å². The number of hydrogen-bond donors (Lipinski definition) is 0. The number of nitrogens with zero attached hydrogens (tertiary/aromatic N) is 3. The van der Waals surface area contributed by atoms with E-state index >= 15 is 0 Å². The van der Waals surface area contributed by atoms with Gasteiger partial charge in [0.2, 0.25) is 0 Å². The van der Waals surface area contributed by atoms with Gasteiger partial charge in [-0.15, -0.1) is 0 Å². The zero-order chi connectivity index (χ0) is 19.3. The van der Waals surface area contributed by atoms with E-state index in [9.17, 15) is 19.7 Å². The maximum absolute atomic E-state index is 12.4. The average molecular weight is 351 g/mol. The smallest absolute Gasteiger partial charge is 0.341 e. The summed E-state index contributed by atoms with van der Waals surface area (Å²) >= 11 is 0. The second-order valence-corrected chi connectivity index (χ2v) is 6.42. The highest BCUT2D eigenvalue weighted by Gasteiger charge is 2.24. The van der Waals surface area contributed by atoms with Gasteiger partial charge in [0.05, 0.1) is 16.2 Å². The molecule has 8 nitrogen and oxygen atoms in total. The quantitative estimate of drug-likeness (QED) is 0.426. The molecule has 0 aliphatic carbocycles. The van der Waals surface area contributed by atoms with Gasteiger partial charge in [-0.3, -0.25) is 14.9 Å². The molecule has 0 fully saturated rings. The Morgan fingerprint density at radius 3 is 2.16 bits per heavy atom. The molecule has 0 heterocycles. The third-order valence-electron chi connectivity index (χ3n) is 3.62. The van der Waals surface area contributed by atoms with Crippen LogP contribution >= 0.6 is 0 Å². The molecule has 0 aliphatic heterocycles. The second kappa shape index (κ2) is 8.46. The summed E-state index contributed by atoms with van der Waals surface area (Å²) in [5.74, 6) is -1.08. The molecule has 0 unspecified atom stereocenters. The number of esters is 1. The van der Waals surface area contributed by atoms with Gasteiger partial charge in [0, 0.05) is 38.3 Å². The summed E-state index contributed by atoms with van der Waals surface area (Å²) in [6.45, 7) is 7.11. The number of benzene rings is 1. The Morgan fingerprint density at radius 2 is 1.72 bits per heavy atom. The Labute approximate surface area is 147 Å². The van der Waals surface area contributed by atoms with Crippen LogP contribution in [0.2, 0.25) is 0 Å². The van der Waals surface area contributed by atoms with Crippen LogP contribution < -0.4 is 4.90 Å². The zero-order valence-electron chi connectivity index (χ0n) is 15.5. The van der Waals surface area contributed by atoms with Crippen molar-refractivity contribution in [3.8, 4) is 0 Å². The number of hydrogen-bond acceptors (Lipinski definition) is 6. The van der Waals surface area contributed by atoms with Crippen LogP contribution in [0.4, 0.5) is 11.4 Å². The fraction of sp³-hybridized carbons (Fsp3) is 0.529. The number of carbonyl (C=O) groups is 2. The van der Waals surface area contributed by atoms with Crippen LogP contribution in [0.25, 0.3) is 0 Å². The minimum Gasteiger partial charge on any atom is -0.452 e. The molecule has 0 bridgehead atoms. The Morgan fingerprint density at radius 1 is 1.16 bits per heavy atom. The Hall–Kier alpha value is -2.64. The average Bonchev–Trinajstić information content (AvgIpc) is 2.50. The van der Waals surface area contributed by atoms with Crippen LogP contribution in [0.5, 0.6) is 0 Å². The van der Waals surface area contributed by atoms with E-state index in [2.05, 4.69) is 0 Å². The van der Waals surface area contributed by atoms with Crippen molar-refractivity contribution in [2.24, 2.45) is 0 Å². The molecule has 1 aromatic rings. The summed E-state index contributed by atoms with van der Waals surface area (Å²) in [7, 11) is 3.42. The van der Waals surface area contributed by atoms with Crippen LogP contribution in [0.3, 0.4) is 0 Å². The van der Waals surface area contributed by atoms with Gasteiger partial charge in [-0.2, -0.15) is 0 Å². The van der Waals surface area contributed by atoms with E-state index in [4.69, 9.17) is 4.74 Å². The van der Waals surface area contributed by atoms with Crippen molar-refractivity contribution in [1.29, 1.82) is 0 Å². The summed E-state index contributed by atoms with van der Waals surface area (Å²) in [6, 6.07) is 3.90. The summed E-state index contributed by atoms with van der Waals surface area (Å²) in [5, 5.41) is 10.9. The molecule has 8 heteroatoms. The van der Waals surface area contributed by atoms with Gasteiger partial charge < -0.3 is 14.5 Å². The van der Waals surface area contributed by atoms with Gasteiger partial charge in [0.15, 0.2) is 6.61 Å². The highest BCUT2D eigenvalue weighted by molar-refractivity contribution is 5.97. The van der Waals surface area contributed by atoms with Crippen molar-refractivity contribution in [3.05, 3.63) is 33.9 Å². The molecule has 1 aromatic carbocycles. The fourth-order valence-corrected chi connectivity index (χ4v) is 2.64. The number of anilines is 1. The van der Waals surface area contributed by atoms with E-state index in [-0.39, 0.29) is 29.2 Å².